The van der Waals surface area contributed by atoms with Crippen LogP contribution < -0.4 is 0 Å². The predicted molar refractivity (Wildman–Crippen MR) is 99.2 cm³/mol. The highest BCUT2D eigenvalue weighted by atomic mass is 16.8. The summed E-state index contributed by atoms with van der Waals surface area (Å²) in [5.74, 6) is -3.00. The highest BCUT2D eigenvalue weighted by Crippen LogP contribution is 2.33. The summed E-state index contributed by atoms with van der Waals surface area (Å²) >= 11 is 0. The van der Waals surface area contributed by atoms with Gasteiger partial charge in [0.2, 0.25) is 0 Å². The summed E-state index contributed by atoms with van der Waals surface area (Å²) in [5, 5.41) is 0. The largest absolute Gasteiger partial charge is 0.452 e. The zero-order valence-corrected chi connectivity index (χ0v) is 17.4. The Morgan fingerprint density at radius 2 is 1.14 bits per heavy atom. The van der Waals surface area contributed by atoms with Crippen molar-refractivity contribution in [2.24, 2.45) is 0 Å². The molecule has 2 fully saturated rings. The van der Waals surface area contributed by atoms with E-state index in [1.165, 1.54) is 13.8 Å². The first-order valence-electron chi connectivity index (χ1n) is 9.18. The second-order valence-electron chi connectivity index (χ2n) is 8.03. The summed E-state index contributed by atoms with van der Waals surface area (Å²) in [4.78, 5) is 24.6. The highest BCUT2D eigenvalue weighted by Gasteiger charge is 2.50. The lowest BCUT2D eigenvalue weighted by atomic mass is 10.0. The van der Waals surface area contributed by atoms with E-state index >= 15 is 0 Å². The Bertz CT molecular complexity index is 595. The lowest BCUT2D eigenvalue weighted by Gasteiger charge is -2.33. The van der Waals surface area contributed by atoms with E-state index in [0.29, 0.717) is 0 Å². The number of hydrogen-bond acceptors (Lipinski definition) is 8. The fraction of sp³-hybridized carbons (Fsp3) is 0.700. The molecule has 8 heteroatoms. The van der Waals surface area contributed by atoms with Crippen molar-refractivity contribution in [3.63, 3.8) is 0 Å². The molecule has 0 bridgehead atoms. The van der Waals surface area contributed by atoms with E-state index in [-0.39, 0.29) is 24.4 Å². The fourth-order valence-electron chi connectivity index (χ4n) is 2.91. The number of esters is 2. The smallest absolute Gasteiger partial charge is 0.333 e. The topological polar surface area (TPSA) is 89.5 Å². The second kappa shape index (κ2) is 8.32. The van der Waals surface area contributed by atoms with Gasteiger partial charge >= 0.3 is 11.9 Å². The first kappa shape index (κ1) is 22.5. The Labute approximate surface area is 165 Å². The monoisotopic (exact) mass is 398 g/mol. The Hall–Kier alpha value is -1.74. The lowest BCUT2D eigenvalue weighted by Crippen LogP contribution is -2.52. The van der Waals surface area contributed by atoms with Gasteiger partial charge in [-0.25, -0.2) is 9.59 Å². The van der Waals surface area contributed by atoms with Crippen LogP contribution >= 0.6 is 0 Å². The van der Waals surface area contributed by atoms with Crippen LogP contribution in [0.1, 0.15) is 41.5 Å². The Balaban J connectivity index is 2.35. The third-order valence-corrected chi connectivity index (χ3v) is 4.30. The van der Waals surface area contributed by atoms with E-state index in [1.54, 1.807) is 27.7 Å². The highest BCUT2D eigenvalue weighted by molar-refractivity contribution is 5.88. The molecule has 158 valence electrons. The molecule has 2 rings (SSSR count). The molecule has 0 aromatic rings. The maximum atomic E-state index is 12.3. The van der Waals surface area contributed by atoms with Gasteiger partial charge in [0, 0.05) is 11.1 Å². The molecule has 8 nitrogen and oxygen atoms in total. The van der Waals surface area contributed by atoms with Crippen LogP contribution in [-0.4, -0.2) is 61.1 Å². The predicted octanol–water partition coefficient (Wildman–Crippen LogP) is 2.27. The van der Waals surface area contributed by atoms with E-state index in [9.17, 15) is 9.59 Å². The minimum atomic E-state index is -0.989. The van der Waals surface area contributed by atoms with Gasteiger partial charge in [0.15, 0.2) is 23.8 Å². The summed E-state index contributed by atoms with van der Waals surface area (Å²) in [5.41, 5.74) is 0.411. The second-order valence-corrected chi connectivity index (χ2v) is 8.03. The van der Waals surface area contributed by atoms with Gasteiger partial charge in [0.05, 0.1) is 13.2 Å². The zero-order valence-electron chi connectivity index (χ0n) is 17.4. The third kappa shape index (κ3) is 5.64. The van der Waals surface area contributed by atoms with Crippen LogP contribution in [0.5, 0.6) is 0 Å². The van der Waals surface area contributed by atoms with Crippen molar-refractivity contribution in [2.75, 3.05) is 13.2 Å². The lowest BCUT2D eigenvalue weighted by molar-refractivity contribution is -0.205. The standard InChI is InChI=1S/C20H30O8/c1-11(2)17(21)25-15(13-9-23-19(5,6)27-13)16(26-18(22)12(3)4)14-10-24-20(7,8)28-14/h13-16H,1,3,9-10H2,2,4-8H3/t13-,14-,15-,16-/m0/s1. The molecule has 2 aliphatic rings. The van der Waals surface area contributed by atoms with E-state index < -0.39 is 47.9 Å². The van der Waals surface area contributed by atoms with E-state index in [2.05, 4.69) is 13.2 Å². The number of rotatable bonds is 7. The van der Waals surface area contributed by atoms with Crippen LogP contribution in [0.4, 0.5) is 0 Å². The number of carbonyl (C=O) groups excluding carboxylic acids is 2. The minimum Gasteiger partial charge on any atom is -0.452 e. The minimum absolute atomic E-state index is 0.152. The number of ether oxygens (including phenoxy) is 6. The van der Waals surface area contributed by atoms with Crippen molar-refractivity contribution in [2.45, 2.75) is 77.5 Å². The van der Waals surface area contributed by atoms with Crippen molar-refractivity contribution >= 4 is 11.9 Å². The normalized spacial score (nSPS) is 27.6. The molecular formula is C20H30O8. The SMILES string of the molecule is C=C(C)C(=O)O[C@H]([C@@H](OC(=O)C(=C)C)[C@@H]1COC(C)(C)O1)[C@@H]1COC(C)(C)O1. The molecule has 0 aliphatic carbocycles. The van der Waals surface area contributed by atoms with Crippen molar-refractivity contribution in [1.29, 1.82) is 0 Å². The fourth-order valence-corrected chi connectivity index (χ4v) is 2.91. The van der Waals surface area contributed by atoms with Crippen molar-refractivity contribution < 1.29 is 38.0 Å². The van der Waals surface area contributed by atoms with E-state index in [0.717, 1.165) is 0 Å². The van der Waals surface area contributed by atoms with Crippen molar-refractivity contribution in [3.8, 4) is 0 Å². The summed E-state index contributed by atoms with van der Waals surface area (Å²) in [7, 11) is 0. The maximum Gasteiger partial charge on any atom is 0.333 e. The third-order valence-electron chi connectivity index (χ3n) is 4.30. The zero-order chi connectivity index (χ0) is 21.3. The molecule has 0 radical (unpaired) electrons. The molecule has 0 aromatic heterocycles. The van der Waals surface area contributed by atoms with Crippen molar-refractivity contribution in [1.82, 2.24) is 0 Å². The Kier molecular flexibility index (Phi) is 6.70. The Morgan fingerprint density at radius 3 is 1.36 bits per heavy atom. The molecule has 0 saturated carbocycles. The van der Waals surface area contributed by atoms with Crippen LogP contribution in [0.3, 0.4) is 0 Å². The molecule has 2 saturated heterocycles. The molecule has 28 heavy (non-hydrogen) atoms. The molecule has 0 aromatic carbocycles. The van der Waals surface area contributed by atoms with E-state index in [1.807, 2.05) is 0 Å². The van der Waals surface area contributed by atoms with Gasteiger partial charge < -0.3 is 28.4 Å². The molecule has 2 heterocycles. The van der Waals surface area contributed by atoms with Crippen molar-refractivity contribution in [3.05, 3.63) is 24.3 Å². The molecular weight excluding hydrogens is 368 g/mol. The van der Waals surface area contributed by atoms with Crippen LogP contribution in [0.25, 0.3) is 0 Å². The van der Waals surface area contributed by atoms with Gasteiger partial charge in [-0.15, -0.1) is 0 Å². The average Bonchev–Trinajstić information content (AvgIpc) is 3.11. The van der Waals surface area contributed by atoms with Crippen LogP contribution in [-0.2, 0) is 38.0 Å². The average molecular weight is 398 g/mol. The van der Waals surface area contributed by atoms with Crippen LogP contribution in [0.15, 0.2) is 24.3 Å². The molecule has 0 spiro atoms. The number of hydrogen-bond donors (Lipinski definition) is 0. The molecule has 0 amide bonds. The van der Waals surface area contributed by atoms with Gasteiger partial charge in [0.1, 0.15) is 12.2 Å². The summed E-state index contributed by atoms with van der Waals surface area (Å²) < 4.78 is 34.3. The molecule has 0 N–H and O–H groups in total. The molecule has 2 aliphatic heterocycles. The first-order chi connectivity index (χ1) is 12.8. The van der Waals surface area contributed by atoms with Gasteiger partial charge in [-0.1, -0.05) is 13.2 Å². The van der Waals surface area contributed by atoms with Gasteiger partial charge in [-0.2, -0.15) is 0 Å². The summed E-state index contributed by atoms with van der Waals surface area (Å²) in [6.07, 6.45) is -3.32. The quantitative estimate of drug-likeness (QED) is 0.477. The molecule has 4 atom stereocenters. The van der Waals surface area contributed by atoms with Gasteiger partial charge in [-0.05, 0) is 41.5 Å². The van der Waals surface area contributed by atoms with Gasteiger partial charge in [0.25, 0.3) is 0 Å². The first-order valence-corrected chi connectivity index (χ1v) is 9.18. The maximum absolute atomic E-state index is 12.3. The number of carbonyl (C=O) groups is 2. The van der Waals surface area contributed by atoms with Crippen LogP contribution in [0, 0.1) is 0 Å². The Morgan fingerprint density at radius 1 is 0.821 bits per heavy atom. The van der Waals surface area contributed by atoms with Gasteiger partial charge in [-0.3, -0.25) is 0 Å². The molecule has 0 unspecified atom stereocenters. The van der Waals surface area contributed by atoms with E-state index in [4.69, 9.17) is 28.4 Å². The van der Waals surface area contributed by atoms with Crippen LogP contribution in [0.2, 0.25) is 0 Å². The summed E-state index contributed by atoms with van der Waals surface area (Å²) in [6, 6.07) is 0. The summed E-state index contributed by atoms with van der Waals surface area (Å²) in [6.45, 7) is 17.6.